The van der Waals surface area contributed by atoms with E-state index in [-0.39, 0.29) is 12.6 Å². The lowest BCUT2D eigenvalue weighted by molar-refractivity contribution is -0.439. The summed E-state index contributed by atoms with van der Waals surface area (Å²) in [6.45, 7) is 1.04. The maximum atomic E-state index is 14.4. The minimum Gasteiger partial charge on any atom is -0.326 e. The van der Waals surface area contributed by atoms with Crippen molar-refractivity contribution in [2.24, 2.45) is 0 Å². The van der Waals surface area contributed by atoms with E-state index in [1.54, 1.807) is 0 Å². The van der Waals surface area contributed by atoms with Crippen LogP contribution in [0.15, 0.2) is 24.3 Å². The van der Waals surface area contributed by atoms with Gasteiger partial charge >= 0.3 is 35.9 Å². The van der Waals surface area contributed by atoms with Crippen LogP contribution in [-0.4, -0.2) is 47.7 Å². The lowest BCUT2D eigenvalue weighted by Gasteiger charge is -2.42. The van der Waals surface area contributed by atoms with Crippen molar-refractivity contribution in [1.82, 2.24) is 0 Å². The SMILES string of the molecule is CC(=O)Nc1ccc(N(C(C)=O)C(F)(F)C(F)(F)C(F)(F)C(F)(F)C(F)(F)C(F)(F)F)cc1. The summed E-state index contributed by atoms with van der Waals surface area (Å²) in [6, 6.07) is -4.73. The minimum atomic E-state index is -8.08. The van der Waals surface area contributed by atoms with Crippen LogP contribution < -0.4 is 10.2 Å². The smallest absolute Gasteiger partial charge is 0.326 e. The van der Waals surface area contributed by atoms with Gasteiger partial charge in [-0.25, -0.2) is 4.90 Å². The second-order valence-corrected chi connectivity index (χ2v) is 6.42. The summed E-state index contributed by atoms with van der Waals surface area (Å²) in [5.74, 6) is -34.6. The Morgan fingerprint density at radius 3 is 1.39 bits per heavy atom. The zero-order valence-corrected chi connectivity index (χ0v) is 16.0. The number of carbonyl (C=O) groups is 2. The molecule has 0 aliphatic carbocycles. The molecule has 17 heteroatoms. The largest absolute Gasteiger partial charge is 0.460 e. The number of halogens is 13. The molecule has 1 aromatic rings. The molecule has 188 valence electrons. The first-order chi connectivity index (χ1) is 14.5. The van der Waals surface area contributed by atoms with E-state index in [2.05, 4.69) is 5.32 Å². The lowest BCUT2D eigenvalue weighted by Crippen LogP contribution is -2.73. The maximum Gasteiger partial charge on any atom is 0.460 e. The molecule has 0 saturated heterocycles. The highest BCUT2D eigenvalue weighted by Crippen LogP contribution is 2.60. The van der Waals surface area contributed by atoms with Crippen molar-refractivity contribution < 1.29 is 66.7 Å². The third-order valence-electron chi connectivity index (χ3n) is 3.96. The van der Waals surface area contributed by atoms with Crippen LogP contribution in [0.4, 0.5) is 68.5 Å². The number of alkyl halides is 13. The molecule has 4 nitrogen and oxygen atoms in total. The first kappa shape index (κ1) is 28.3. The van der Waals surface area contributed by atoms with Gasteiger partial charge < -0.3 is 5.32 Å². The summed E-state index contributed by atoms with van der Waals surface area (Å²) >= 11 is 0. The first-order valence-corrected chi connectivity index (χ1v) is 8.11. The van der Waals surface area contributed by atoms with Crippen LogP contribution >= 0.6 is 0 Å². The Bertz CT molecular complexity index is 895. The molecule has 0 bridgehead atoms. The van der Waals surface area contributed by atoms with Gasteiger partial charge in [0.15, 0.2) is 0 Å². The molecule has 1 rings (SSSR count). The average molecular weight is 510 g/mol. The summed E-state index contributed by atoms with van der Waals surface area (Å²) in [7, 11) is 0. The molecule has 0 radical (unpaired) electrons. The molecular formula is C16H11F13N2O2. The number of amides is 2. The second-order valence-electron chi connectivity index (χ2n) is 6.42. The van der Waals surface area contributed by atoms with Gasteiger partial charge in [-0.2, -0.15) is 57.1 Å². The third-order valence-corrected chi connectivity index (χ3v) is 3.96. The number of carbonyl (C=O) groups excluding carboxylic acids is 2. The summed E-state index contributed by atoms with van der Waals surface area (Å²) in [4.78, 5) is 20.9. The third kappa shape index (κ3) is 4.40. The number of anilines is 2. The summed E-state index contributed by atoms with van der Waals surface area (Å²) in [5, 5.41) is 2.06. The van der Waals surface area contributed by atoms with Gasteiger partial charge in [-0.15, -0.1) is 0 Å². The molecule has 0 atom stereocenters. The summed E-state index contributed by atoms with van der Waals surface area (Å²) in [5.41, 5.74) is -1.59. The molecule has 1 aromatic carbocycles. The van der Waals surface area contributed by atoms with Crippen LogP contribution in [0.5, 0.6) is 0 Å². The number of nitrogens with zero attached hydrogens (tertiary/aromatic N) is 1. The van der Waals surface area contributed by atoms with Gasteiger partial charge in [0.05, 0.1) is 0 Å². The van der Waals surface area contributed by atoms with Crippen molar-refractivity contribution in [3.05, 3.63) is 24.3 Å². The fourth-order valence-corrected chi connectivity index (χ4v) is 2.34. The predicted octanol–water partition coefficient (Wildman–Crippen LogP) is 5.69. The Hall–Kier alpha value is -2.75. The van der Waals surface area contributed by atoms with E-state index < -0.39 is 58.3 Å². The van der Waals surface area contributed by atoms with E-state index >= 15 is 0 Å². The molecule has 0 fully saturated rings. The molecule has 0 saturated carbocycles. The van der Waals surface area contributed by atoms with Crippen LogP contribution in [-0.2, 0) is 9.59 Å². The van der Waals surface area contributed by atoms with E-state index in [4.69, 9.17) is 0 Å². The molecule has 0 unspecified atom stereocenters. The van der Waals surface area contributed by atoms with E-state index in [1.165, 1.54) is 0 Å². The first-order valence-electron chi connectivity index (χ1n) is 8.11. The fraction of sp³-hybridized carbons (Fsp3) is 0.500. The molecule has 2 amide bonds. The van der Waals surface area contributed by atoms with Crippen LogP contribution in [0, 0.1) is 0 Å². The second kappa shape index (κ2) is 8.23. The monoisotopic (exact) mass is 510 g/mol. The van der Waals surface area contributed by atoms with E-state index in [9.17, 15) is 66.7 Å². The minimum absolute atomic E-state index is 0.0618. The van der Waals surface area contributed by atoms with Crippen molar-refractivity contribution in [1.29, 1.82) is 0 Å². The van der Waals surface area contributed by atoms with Gasteiger partial charge in [0.1, 0.15) is 0 Å². The van der Waals surface area contributed by atoms with Gasteiger partial charge in [-0.1, -0.05) is 0 Å². The van der Waals surface area contributed by atoms with Crippen LogP contribution in [0.3, 0.4) is 0 Å². The zero-order chi connectivity index (χ0) is 26.4. The van der Waals surface area contributed by atoms with Gasteiger partial charge in [0, 0.05) is 25.2 Å². The van der Waals surface area contributed by atoms with Crippen molar-refractivity contribution in [2.75, 3.05) is 10.2 Å². The highest BCUT2D eigenvalue weighted by atomic mass is 19.4. The molecular weight excluding hydrogens is 499 g/mol. The molecule has 0 heterocycles. The van der Waals surface area contributed by atoms with Crippen LogP contribution in [0.2, 0.25) is 0 Å². The van der Waals surface area contributed by atoms with Gasteiger partial charge in [0.25, 0.3) is 0 Å². The maximum absolute atomic E-state index is 14.4. The number of hydrogen-bond donors (Lipinski definition) is 1. The normalized spacial score (nSPS) is 14.2. The Morgan fingerprint density at radius 1 is 0.667 bits per heavy atom. The molecule has 0 aliphatic heterocycles. The predicted molar refractivity (Wildman–Crippen MR) is 84.7 cm³/mol. The summed E-state index contributed by atoms with van der Waals surface area (Å²) < 4.78 is 173. The van der Waals surface area contributed by atoms with Crippen molar-refractivity contribution in [2.45, 2.75) is 49.8 Å². The Labute approximate surface area is 175 Å². The number of hydrogen-bond acceptors (Lipinski definition) is 2. The molecule has 33 heavy (non-hydrogen) atoms. The highest BCUT2D eigenvalue weighted by Gasteiger charge is 2.91. The average Bonchev–Trinajstić information content (AvgIpc) is 2.60. The van der Waals surface area contributed by atoms with Crippen LogP contribution in [0.25, 0.3) is 0 Å². The van der Waals surface area contributed by atoms with Gasteiger partial charge in [-0.05, 0) is 24.3 Å². The number of benzene rings is 1. The zero-order valence-electron chi connectivity index (χ0n) is 16.0. The van der Waals surface area contributed by atoms with E-state index in [0.717, 1.165) is 6.92 Å². The Kier molecular flexibility index (Phi) is 7.06. The highest BCUT2D eigenvalue weighted by molar-refractivity contribution is 5.93. The molecule has 0 spiro atoms. The van der Waals surface area contributed by atoms with Crippen LogP contribution in [0.1, 0.15) is 13.8 Å². The van der Waals surface area contributed by atoms with Crippen molar-refractivity contribution >= 4 is 23.2 Å². The fourth-order valence-electron chi connectivity index (χ4n) is 2.34. The van der Waals surface area contributed by atoms with Gasteiger partial charge in [-0.3, -0.25) is 9.59 Å². The quantitative estimate of drug-likeness (QED) is 0.379. The van der Waals surface area contributed by atoms with E-state index in [1.807, 2.05) is 0 Å². The number of nitrogens with one attached hydrogen (secondary N) is 1. The molecule has 1 N–H and O–H groups in total. The lowest BCUT2D eigenvalue weighted by atomic mass is 9.96. The van der Waals surface area contributed by atoms with Gasteiger partial charge in [0.2, 0.25) is 11.8 Å². The number of rotatable bonds is 7. The van der Waals surface area contributed by atoms with E-state index in [0.29, 0.717) is 24.3 Å². The molecule has 0 aromatic heterocycles. The standard InChI is InChI=1S/C16H11F13N2O2/c1-7(32)30-9-3-5-10(6-4-9)31(8(2)33)16(28,29)14(23,24)12(19,20)11(17,18)13(21,22)15(25,26)27/h3-6H,1-2H3,(H,30,32). The topological polar surface area (TPSA) is 49.4 Å². The summed E-state index contributed by atoms with van der Waals surface area (Å²) in [6.07, 6.45) is -7.54. The van der Waals surface area contributed by atoms with Crippen molar-refractivity contribution in [3.63, 3.8) is 0 Å². The van der Waals surface area contributed by atoms with Crippen molar-refractivity contribution in [3.8, 4) is 0 Å². The molecule has 0 aliphatic rings. The Balaban J connectivity index is 3.63. The Morgan fingerprint density at radius 2 is 1.06 bits per heavy atom.